The van der Waals surface area contributed by atoms with Gasteiger partial charge in [0.05, 0.1) is 6.54 Å². The first-order valence-corrected chi connectivity index (χ1v) is 7.25. The van der Waals surface area contributed by atoms with E-state index in [0.29, 0.717) is 23.1 Å². The minimum atomic E-state index is -0.414. The smallest absolute Gasteiger partial charge is 0.273 e. The molecule has 2 N–H and O–H groups in total. The Labute approximate surface area is 140 Å². The van der Waals surface area contributed by atoms with Crippen LogP contribution in [0.25, 0.3) is 0 Å². The third-order valence-electron chi connectivity index (χ3n) is 3.29. The summed E-state index contributed by atoms with van der Waals surface area (Å²) in [7, 11) is 0. The topological polar surface area (TPSA) is 137 Å². The Balaban J connectivity index is 1.32. The van der Waals surface area contributed by atoms with E-state index in [4.69, 9.17) is 18.6 Å². The Kier molecular flexibility index (Phi) is 3.86. The molecule has 0 aliphatic carbocycles. The van der Waals surface area contributed by atoms with Crippen molar-refractivity contribution in [3.63, 3.8) is 0 Å². The van der Waals surface area contributed by atoms with Gasteiger partial charge in [-0.2, -0.15) is 5.21 Å². The van der Waals surface area contributed by atoms with Crippen LogP contribution >= 0.6 is 0 Å². The van der Waals surface area contributed by atoms with Crippen LogP contribution in [0.5, 0.6) is 17.2 Å². The van der Waals surface area contributed by atoms with Crippen molar-refractivity contribution in [1.29, 1.82) is 0 Å². The normalized spacial score (nSPS) is 12.2. The lowest BCUT2D eigenvalue weighted by atomic mass is 10.3. The monoisotopic (exact) mass is 344 g/mol. The van der Waals surface area contributed by atoms with Crippen LogP contribution in [0.2, 0.25) is 0 Å². The molecule has 128 valence electrons. The Morgan fingerprint density at radius 1 is 1.32 bits per heavy atom. The molecule has 11 heteroatoms. The highest BCUT2D eigenvalue weighted by atomic mass is 16.7. The van der Waals surface area contributed by atoms with Gasteiger partial charge in [-0.05, 0) is 12.1 Å². The van der Waals surface area contributed by atoms with E-state index < -0.39 is 5.91 Å². The fourth-order valence-electron chi connectivity index (χ4n) is 2.10. The number of benzene rings is 1. The molecular formula is C14H12N6O5. The van der Waals surface area contributed by atoms with Crippen molar-refractivity contribution in [1.82, 2.24) is 30.9 Å². The van der Waals surface area contributed by atoms with Crippen molar-refractivity contribution < 1.29 is 23.4 Å². The third-order valence-corrected chi connectivity index (χ3v) is 3.29. The predicted octanol–water partition coefficient (Wildman–Crippen LogP) is 0.425. The fraction of sp³-hybridized carbons (Fsp3) is 0.214. The number of nitrogens with one attached hydrogen (secondary N) is 2. The lowest BCUT2D eigenvalue weighted by molar-refractivity contribution is 0.0944. The Bertz CT molecular complexity index is 878. The molecule has 0 saturated heterocycles. The molecule has 0 spiro atoms. The number of carbonyl (C=O) groups is 1. The van der Waals surface area contributed by atoms with Gasteiger partial charge in [-0.15, -0.1) is 10.2 Å². The quantitative estimate of drug-likeness (QED) is 0.651. The molecule has 3 heterocycles. The van der Waals surface area contributed by atoms with Gasteiger partial charge in [-0.1, -0.05) is 5.21 Å². The second-order valence-electron chi connectivity index (χ2n) is 4.94. The number of amides is 1. The lowest BCUT2D eigenvalue weighted by Gasteiger charge is -2.04. The predicted molar refractivity (Wildman–Crippen MR) is 78.7 cm³/mol. The van der Waals surface area contributed by atoms with Crippen LogP contribution in [0.15, 0.2) is 28.9 Å². The summed E-state index contributed by atoms with van der Waals surface area (Å²) in [5.41, 5.74) is 0.132. The molecule has 0 fully saturated rings. The SMILES string of the molecule is O=C(NCc1nn[nH]n1)c1coc(COc2ccc3c(c2)OCO3)n1. The van der Waals surface area contributed by atoms with Gasteiger partial charge in [0.15, 0.2) is 29.6 Å². The van der Waals surface area contributed by atoms with Crippen molar-refractivity contribution in [2.45, 2.75) is 13.2 Å². The fourth-order valence-corrected chi connectivity index (χ4v) is 2.10. The number of carbonyl (C=O) groups excluding carboxylic acids is 1. The molecule has 11 nitrogen and oxygen atoms in total. The zero-order chi connectivity index (χ0) is 17.1. The molecular weight excluding hydrogens is 332 g/mol. The number of rotatable bonds is 6. The lowest BCUT2D eigenvalue weighted by Crippen LogP contribution is -2.23. The van der Waals surface area contributed by atoms with E-state index in [2.05, 4.69) is 30.9 Å². The van der Waals surface area contributed by atoms with Gasteiger partial charge in [-0.3, -0.25) is 4.79 Å². The average Bonchev–Trinajstić information content (AvgIpc) is 3.39. The van der Waals surface area contributed by atoms with E-state index in [0.717, 1.165) is 0 Å². The number of hydrogen-bond acceptors (Lipinski definition) is 9. The maximum Gasteiger partial charge on any atom is 0.273 e. The Morgan fingerprint density at radius 3 is 3.12 bits per heavy atom. The van der Waals surface area contributed by atoms with Gasteiger partial charge in [0.25, 0.3) is 5.91 Å². The van der Waals surface area contributed by atoms with Crippen LogP contribution in [-0.2, 0) is 13.2 Å². The number of nitrogens with zero attached hydrogens (tertiary/aromatic N) is 4. The molecule has 1 aliphatic rings. The third kappa shape index (κ3) is 3.34. The van der Waals surface area contributed by atoms with Crippen LogP contribution in [0.4, 0.5) is 0 Å². The number of hydrogen-bond donors (Lipinski definition) is 2. The summed E-state index contributed by atoms with van der Waals surface area (Å²) in [6.45, 7) is 0.393. The molecule has 4 rings (SSSR count). The van der Waals surface area contributed by atoms with Gasteiger partial charge in [0, 0.05) is 6.07 Å². The second kappa shape index (κ2) is 6.47. The summed E-state index contributed by atoms with van der Waals surface area (Å²) < 4.78 is 21.3. The van der Waals surface area contributed by atoms with Crippen LogP contribution in [0.1, 0.15) is 22.2 Å². The molecule has 2 aromatic heterocycles. The van der Waals surface area contributed by atoms with Gasteiger partial charge in [0.2, 0.25) is 12.7 Å². The van der Waals surface area contributed by atoms with E-state index in [1.807, 2.05) is 0 Å². The van der Waals surface area contributed by atoms with Crippen molar-refractivity contribution in [3.8, 4) is 17.2 Å². The van der Waals surface area contributed by atoms with Gasteiger partial charge < -0.3 is 23.9 Å². The van der Waals surface area contributed by atoms with E-state index in [1.54, 1.807) is 18.2 Å². The average molecular weight is 344 g/mol. The first-order valence-electron chi connectivity index (χ1n) is 7.25. The van der Waals surface area contributed by atoms with Crippen LogP contribution in [-0.4, -0.2) is 38.3 Å². The number of oxazole rings is 1. The number of aromatic amines is 1. The molecule has 25 heavy (non-hydrogen) atoms. The molecule has 0 unspecified atom stereocenters. The van der Waals surface area contributed by atoms with Crippen LogP contribution in [0.3, 0.4) is 0 Å². The number of aromatic nitrogens is 5. The Morgan fingerprint density at radius 2 is 2.24 bits per heavy atom. The van der Waals surface area contributed by atoms with Crippen LogP contribution < -0.4 is 19.5 Å². The summed E-state index contributed by atoms with van der Waals surface area (Å²) in [4.78, 5) is 16.0. The molecule has 0 saturated carbocycles. The standard InChI is InChI=1S/C14H12N6O5/c21-14(15-4-12-17-19-20-18-12)9-5-23-13(16-9)6-22-8-1-2-10-11(3-8)25-7-24-10/h1-3,5H,4,6-7H2,(H,15,21)(H,17,18,19,20). The maximum atomic E-state index is 12.0. The molecule has 1 amide bonds. The highest BCUT2D eigenvalue weighted by molar-refractivity contribution is 5.91. The van der Waals surface area contributed by atoms with Crippen LogP contribution in [0, 0.1) is 0 Å². The summed E-state index contributed by atoms with van der Waals surface area (Å²) in [5.74, 6) is 2.08. The second-order valence-corrected chi connectivity index (χ2v) is 4.94. The van der Waals surface area contributed by atoms with E-state index >= 15 is 0 Å². The molecule has 0 radical (unpaired) electrons. The molecule has 3 aromatic rings. The largest absolute Gasteiger partial charge is 0.484 e. The van der Waals surface area contributed by atoms with Gasteiger partial charge in [0.1, 0.15) is 12.0 Å². The molecule has 0 atom stereocenters. The zero-order valence-corrected chi connectivity index (χ0v) is 12.8. The molecule has 1 aromatic carbocycles. The highest BCUT2D eigenvalue weighted by Gasteiger charge is 2.15. The minimum absolute atomic E-state index is 0.0672. The first kappa shape index (κ1) is 14.9. The number of tetrazole rings is 1. The molecule has 0 bridgehead atoms. The van der Waals surface area contributed by atoms with Crippen molar-refractivity contribution in [3.05, 3.63) is 41.9 Å². The summed E-state index contributed by atoms with van der Waals surface area (Å²) >= 11 is 0. The van der Waals surface area contributed by atoms with E-state index in [9.17, 15) is 4.79 Å². The van der Waals surface area contributed by atoms with E-state index in [1.165, 1.54) is 6.26 Å². The Hall–Kier alpha value is -3.63. The highest BCUT2D eigenvalue weighted by Crippen LogP contribution is 2.35. The maximum absolute atomic E-state index is 12.0. The number of ether oxygens (including phenoxy) is 3. The summed E-state index contributed by atoms with van der Waals surface area (Å²) in [6.07, 6.45) is 1.25. The van der Waals surface area contributed by atoms with E-state index in [-0.39, 0.29) is 31.5 Å². The van der Waals surface area contributed by atoms with Crippen molar-refractivity contribution in [2.24, 2.45) is 0 Å². The first-order chi connectivity index (χ1) is 12.3. The van der Waals surface area contributed by atoms with Gasteiger partial charge >= 0.3 is 0 Å². The minimum Gasteiger partial charge on any atom is -0.484 e. The number of fused-ring (bicyclic) bond motifs is 1. The van der Waals surface area contributed by atoms with Gasteiger partial charge in [-0.25, -0.2) is 4.98 Å². The zero-order valence-electron chi connectivity index (χ0n) is 12.8. The molecule has 1 aliphatic heterocycles. The summed E-state index contributed by atoms with van der Waals surface area (Å²) in [5, 5.41) is 15.8. The van der Waals surface area contributed by atoms with Crippen molar-refractivity contribution in [2.75, 3.05) is 6.79 Å². The van der Waals surface area contributed by atoms with Crippen molar-refractivity contribution >= 4 is 5.91 Å². The summed E-state index contributed by atoms with van der Waals surface area (Å²) in [6, 6.07) is 5.21. The number of H-pyrrole nitrogens is 1.